The standard InChI is InChI=1S/C11H11BrN2O/c1-2-3-4-7-14-11(15)10-9(12)6-5-8-13-10/h5-6,8H,4,7H2,1H3,(H,14,15). The molecular formula is C11H11BrN2O. The van der Waals surface area contributed by atoms with E-state index in [2.05, 4.69) is 38.1 Å². The van der Waals surface area contributed by atoms with Crippen LogP contribution >= 0.6 is 15.9 Å². The molecule has 0 aliphatic carbocycles. The molecule has 0 atom stereocenters. The minimum atomic E-state index is -0.180. The van der Waals surface area contributed by atoms with Crippen LogP contribution in [-0.4, -0.2) is 17.4 Å². The van der Waals surface area contributed by atoms with Gasteiger partial charge in [-0.25, -0.2) is 4.98 Å². The summed E-state index contributed by atoms with van der Waals surface area (Å²) in [7, 11) is 0. The van der Waals surface area contributed by atoms with Crippen LogP contribution in [0.25, 0.3) is 0 Å². The fraction of sp³-hybridized carbons (Fsp3) is 0.273. The molecule has 1 rings (SSSR count). The first-order valence-electron chi connectivity index (χ1n) is 4.54. The van der Waals surface area contributed by atoms with Crippen molar-refractivity contribution in [2.45, 2.75) is 13.3 Å². The minimum Gasteiger partial charge on any atom is -0.350 e. The van der Waals surface area contributed by atoms with Gasteiger partial charge in [-0.3, -0.25) is 4.79 Å². The van der Waals surface area contributed by atoms with E-state index < -0.39 is 0 Å². The molecule has 0 spiro atoms. The van der Waals surface area contributed by atoms with E-state index in [0.717, 1.165) is 0 Å². The summed E-state index contributed by atoms with van der Waals surface area (Å²) in [5.41, 5.74) is 0.405. The van der Waals surface area contributed by atoms with Crippen LogP contribution in [0, 0.1) is 11.8 Å². The summed E-state index contributed by atoms with van der Waals surface area (Å²) in [5, 5.41) is 2.74. The lowest BCUT2D eigenvalue weighted by molar-refractivity contribution is 0.0949. The second-order valence-electron chi connectivity index (χ2n) is 2.77. The van der Waals surface area contributed by atoms with Crippen LogP contribution in [0.15, 0.2) is 22.8 Å². The molecule has 1 heterocycles. The van der Waals surface area contributed by atoms with Crippen molar-refractivity contribution in [2.24, 2.45) is 0 Å². The van der Waals surface area contributed by atoms with Crippen molar-refractivity contribution < 1.29 is 4.79 Å². The molecule has 0 aliphatic heterocycles. The normalized spacial score (nSPS) is 8.93. The zero-order valence-corrected chi connectivity index (χ0v) is 9.97. The van der Waals surface area contributed by atoms with Gasteiger partial charge in [-0.15, -0.1) is 11.8 Å². The van der Waals surface area contributed by atoms with Gasteiger partial charge >= 0.3 is 0 Å². The molecule has 0 fully saturated rings. The van der Waals surface area contributed by atoms with Gasteiger partial charge in [0.05, 0.1) is 0 Å². The average Bonchev–Trinajstić information content (AvgIpc) is 2.25. The second-order valence-corrected chi connectivity index (χ2v) is 3.62. The first-order valence-corrected chi connectivity index (χ1v) is 5.33. The predicted molar refractivity (Wildman–Crippen MR) is 62.3 cm³/mol. The zero-order chi connectivity index (χ0) is 11.1. The van der Waals surface area contributed by atoms with Gasteiger partial charge in [0, 0.05) is 23.6 Å². The summed E-state index contributed by atoms with van der Waals surface area (Å²) in [6.45, 7) is 2.32. The monoisotopic (exact) mass is 266 g/mol. The SMILES string of the molecule is CC#CCCNC(=O)c1ncccc1Br. The number of carbonyl (C=O) groups excluding carboxylic acids is 1. The van der Waals surface area contributed by atoms with E-state index in [-0.39, 0.29) is 5.91 Å². The van der Waals surface area contributed by atoms with Crippen LogP contribution in [0.2, 0.25) is 0 Å². The summed E-state index contributed by atoms with van der Waals surface area (Å²) in [4.78, 5) is 15.6. The fourth-order valence-corrected chi connectivity index (χ4v) is 1.44. The largest absolute Gasteiger partial charge is 0.350 e. The predicted octanol–water partition coefficient (Wildman–Crippen LogP) is 1.99. The Morgan fingerprint density at radius 2 is 2.47 bits per heavy atom. The number of halogens is 1. The Labute approximate surface area is 97.4 Å². The van der Waals surface area contributed by atoms with E-state index in [4.69, 9.17) is 0 Å². The van der Waals surface area contributed by atoms with E-state index >= 15 is 0 Å². The highest BCUT2D eigenvalue weighted by atomic mass is 79.9. The maximum Gasteiger partial charge on any atom is 0.271 e. The van der Waals surface area contributed by atoms with Crippen LogP contribution in [0.4, 0.5) is 0 Å². The van der Waals surface area contributed by atoms with Gasteiger partial charge in [0.2, 0.25) is 0 Å². The van der Waals surface area contributed by atoms with Gasteiger partial charge in [-0.2, -0.15) is 0 Å². The Hall–Kier alpha value is -1.34. The molecule has 0 unspecified atom stereocenters. The first kappa shape index (κ1) is 11.7. The highest BCUT2D eigenvalue weighted by Gasteiger charge is 2.09. The summed E-state index contributed by atoms with van der Waals surface area (Å²) < 4.78 is 0.698. The number of nitrogens with one attached hydrogen (secondary N) is 1. The maximum absolute atomic E-state index is 11.6. The number of nitrogens with zero attached hydrogens (tertiary/aromatic N) is 1. The number of amides is 1. The van der Waals surface area contributed by atoms with Gasteiger partial charge in [-0.05, 0) is 35.0 Å². The maximum atomic E-state index is 11.6. The zero-order valence-electron chi connectivity index (χ0n) is 8.38. The van der Waals surface area contributed by atoms with Crippen LogP contribution in [-0.2, 0) is 0 Å². The number of aromatic nitrogens is 1. The average molecular weight is 267 g/mol. The molecule has 0 aromatic carbocycles. The fourth-order valence-electron chi connectivity index (χ4n) is 1.00. The second kappa shape index (κ2) is 6.20. The first-order chi connectivity index (χ1) is 7.25. The van der Waals surface area contributed by atoms with Crippen LogP contribution in [0.5, 0.6) is 0 Å². The van der Waals surface area contributed by atoms with Crippen molar-refractivity contribution in [1.82, 2.24) is 10.3 Å². The van der Waals surface area contributed by atoms with Gasteiger partial charge in [0.25, 0.3) is 5.91 Å². The molecule has 3 nitrogen and oxygen atoms in total. The number of carbonyl (C=O) groups is 1. The Kier molecular flexibility index (Phi) is 4.85. The van der Waals surface area contributed by atoms with Gasteiger partial charge in [0.1, 0.15) is 5.69 Å². The lowest BCUT2D eigenvalue weighted by atomic mass is 10.3. The van der Waals surface area contributed by atoms with Crippen LogP contribution in [0.3, 0.4) is 0 Å². The molecule has 0 saturated carbocycles. The molecule has 15 heavy (non-hydrogen) atoms. The Balaban J connectivity index is 2.53. The molecule has 4 heteroatoms. The lowest BCUT2D eigenvalue weighted by Gasteiger charge is -2.03. The quantitative estimate of drug-likeness (QED) is 0.672. The van der Waals surface area contributed by atoms with Crippen molar-refractivity contribution in [3.63, 3.8) is 0 Å². The third-order valence-corrected chi connectivity index (χ3v) is 2.33. The lowest BCUT2D eigenvalue weighted by Crippen LogP contribution is -2.25. The van der Waals surface area contributed by atoms with Crippen molar-refractivity contribution in [1.29, 1.82) is 0 Å². The number of pyridine rings is 1. The highest BCUT2D eigenvalue weighted by Crippen LogP contribution is 2.12. The molecule has 78 valence electrons. The molecule has 1 aromatic rings. The van der Waals surface area contributed by atoms with Gasteiger partial charge in [-0.1, -0.05) is 0 Å². The molecule has 1 N–H and O–H groups in total. The van der Waals surface area contributed by atoms with Gasteiger partial charge < -0.3 is 5.32 Å². The summed E-state index contributed by atoms with van der Waals surface area (Å²) in [6.07, 6.45) is 2.25. The van der Waals surface area contributed by atoms with Gasteiger partial charge in [0.15, 0.2) is 0 Å². The van der Waals surface area contributed by atoms with Crippen molar-refractivity contribution >= 4 is 21.8 Å². The van der Waals surface area contributed by atoms with Crippen molar-refractivity contribution in [3.8, 4) is 11.8 Å². The molecule has 0 saturated heterocycles. The number of rotatable bonds is 3. The highest BCUT2D eigenvalue weighted by molar-refractivity contribution is 9.10. The summed E-state index contributed by atoms with van der Waals surface area (Å²) >= 11 is 3.27. The third kappa shape index (κ3) is 3.72. The number of hydrogen-bond donors (Lipinski definition) is 1. The van der Waals surface area contributed by atoms with E-state index in [9.17, 15) is 4.79 Å². The summed E-state index contributed by atoms with van der Waals surface area (Å²) in [6, 6.07) is 3.55. The van der Waals surface area contributed by atoms with E-state index in [0.29, 0.717) is 23.1 Å². The minimum absolute atomic E-state index is 0.180. The Morgan fingerprint density at radius 3 is 3.13 bits per heavy atom. The third-order valence-electron chi connectivity index (χ3n) is 1.69. The van der Waals surface area contributed by atoms with Crippen LogP contribution in [0.1, 0.15) is 23.8 Å². The molecule has 0 aliphatic rings. The molecule has 0 radical (unpaired) electrons. The Bertz CT molecular complexity index is 407. The van der Waals surface area contributed by atoms with E-state index in [1.54, 1.807) is 25.3 Å². The van der Waals surface area contributed by atoms with Crippen molar-refractivity contribution in [2.75, 3.05) is 6.54 Å². The number of hydrogen-bond acceptors (Lipinski definition) is 2. The molecular weight excluding hydrogens is 256 g/mol. The van der Waals surface area contributed by atoms with E-state index in [1.165, 1.54) is 0 Å². The molecule has 1 amide bonds. The topological polar surface area (TPSA) is 42.0 Å². The van der Waals surface area contributed by atoms with E-state index in [1.807, 2.05) is 0 Å². The molecule has 0 bridgehead atoms. The van der Waals surface area contributed by atoms with Crippen LogP contribution < -0.4 is 5.32 Å². The Morgan fingerprint density at radius 1 is 1.67 bits per heavy atom. The molecule has 1 aromatic heterocycles. The van der Waals surface area contributed by atoms with Crippen molar-refractivity contribution in [3.05, 3.63) is 28.5 Å². The summed E-state index contributed by atoms with van der Waals surface area (Å²) in [5.74, 6) is 5.46. The smallest absolute Gasteiger partial charge is 0.271 e.